The molecule has 8 heteroatoms. The number of methoxy groups -OCH3 is 1. The van der Waals surface area contributed by atoms with Crippen LogP contribution >= 0.6 is 0 Å². The van der Waals surface area contributed by atoms with Crippen molar-refractivity contribution in [1.82, 2.24) is 4.90 Å². The van der Waals surface area contributed by atoms with E-state index >= 15 is 0 Å². The number of ether oxygens (including phenoxy) is 2. The summed E-state index contributed by atoms with van der Waals surface area (Å²) < 4.78 is 12.3. The molecule has 0 unspecified atom stereocenters. The van der Waals surface area contributed by atoms with Crippen molar-refractivity contribution in [1.29, 1.82) is 0 Å². The average molecular weight is 663 g/mol. The maximum atomic E-state index is 13.7. The first-order chi connectivity index (χ1) is 23.2. The standard InChI is InChI=1S/C40H46N2O5Si/c1-26-35(22-15-27-13-16-29(17-14-27)42-34-12-6-9-28-8-5-11-33(38(28)34)40(42)45)47-36(24-37(44)41-23-7-10-30(41)25-43)39(26)48(3,4)32-20-18-31(46-2)19-21-32/h5-6,8-9,11-14,16-21,26,30,35-36,39,43H,7,10,15,22-25H2,1-4H3/t26-,30+,35+,36-,39+/m1/s1. The Balaban J connectivity index is 1.08. The van der Waals surface area contributed by atoms with Crippen LogP contribution < -0.4 is 14.8 Å². The van der Waals surface area contributed by atoms with Crippen molar-refractivity contribution in [2.24, 2.45) is 5.92 Å². The summed E-state index contributed by atoms with van der Waals surface area (Å²) in [5.41, 5.74) is 4.00. The van der Waals surface area contributed by atoms with E-state index in [4.69, 9.17) is 9.47 Å². The van der Waals surface area contributed by atoms with Gasteiger partial charge in [-0.2, -0.15) is 0 Å². The molecular formula is C40H46N2O5Si. The molecule has 3 heterocycles. The fourth-order valence-corrected chi connectivity index (χ4v) is 12.8. The van der Waals surface area contributed by atoms with Crippen LogP contribution in [-0.4, -0.2) is 68.4 Å². The van der Waals surface area contributed by atoms with Gasteiger partial charge in [0.2, 0.25) is 5.91 Å². The molecule has 0 radical (unpaired) electrons. The molecule has 2 fully saturated rings. The molecule has 2 saturated heterocycles. The zero-order valence-electron chi connectivity index (χ0n) is 28.4. The number of nitrogens with zero attached hydrogens (tertiary/aromatic N) is 2. The third-order valence-electron chi connectivity index (χ3n) is 11.3. The van der Waals surface area contributed by atoms with Crippen molar-refractivity contribution in [2.75, 3.05) is 25.2 Å². The minimum atomic E-state index is -2.10. The molecule has 2 amide bonds. The van der Waals surface area contributed by atoms with Gasteiger partial charge in [-0.25, -0.2) is 0 Å². The van der Waals surface area contributed by atoms with Gasteiger partial charge in [0.1, 0.15) is 5.75 Å². The minimum Gasteiger partial charge on any atom is -0.497 e. The van der Waals surface area contributed by atoms with Gasteiger partial charge >= 0.3 is 0 Å². The number of rotatable bonds is 10. The van der Waals surface area contributed by atoms with E-state index in [2.05, 4.69) is 68.5 Å². The number of anilines is 2. The lowest BCUT2D eigenvalue weighted by Crippen LogP contribution is -2.51. The molecule has 3 aliphatic heterocycles. The molecule has 4 aromatic carbocycles. The quantitative estimate of drug-likeness (QED) is 0.188. The number of carbonyl (C=O) groups excluding carboxylic acids is 2. The lowest BCUT2D eigenvalue weighted by atomic mass is 9.95. The van der Waals surface area contributed by atoms with Crippen LogP contribution in [0.3, 0.4) is 0 Å². The number of likely N-dealkylation sites (tertiary alicyclic amines) is 1. The summed E-state index contributed by atoms with van der Waals surface area (Å²) in [7, 11) is -0.416. The van der Waals surface area contributed by atoms with Crippen molar-refractivity contribution in [2.45, 2.75) is 75.9 Å². The van der Waals surface area contributed by atoms with Gasteiger partial charge in [-0.3, -0.25) is 14.5 Å². The van der Waals surface area contributed by atoms with E-state index in [9.17, 15) is 14.7 Å². The summed E-state index contributed by atoms with van der Waals surface area (Å²) in [5.74, 6) is 1.23. The van der Waals surface area contributed by atoms with Crippen LogP contribution in [0.2, 0.25) is 18.6 Å². The van der Waals surface area contributed by atoms with Crippen LogP contribution in [0, 0.1) is 5.92 Å². The highest BCUT2D eigenvalue weighted by molar-refractivity contribution is 6.91. The first-order valence-electron chi connectivity index (χ1n) is 17.4. The van der Waals surface area contributed by atoms with Gasteiger partial charge in [0, 0.05) is 17.6 Å². The largest absolute Gasteiger partial charge is 0.497 e. The molecular weight excluding hydrogens is 617 g/mol. The summed E-state index contributed by atoms with van der Waals surface area (Å²) >= 11 is 0. The third-order valence-corrected chi connectivity index (χ3v) is 15.7. The van der Waals surface area contributed by atoms with Gasteiger partial charge in [-0.1, -0.05) is 73.7 Å². The lowest BCUT2D eigenvalue weighted by Gasteiger charge is -2.36. The molecule has 3 aliphatic rings. The molecule has 0 aliphatic carbocycles. The van der Waals surface area contributed by atoms with E-state index in [0.29, 0.717) is 13.0 Å². The fraction of sp³-hybridized carbons (Fsp3) is 0.400. The number of aliphatic hydroxyl groups excluding tert-OH is 1. The molecule has 48 heavy (non-hydrogen) atoms. The maximum Gasteiger partial charge on any atom is 0.263 e. The number of hydrogen-bond acceptors (Lipinski definition) is 5. The maximum absolute atomic E-state index is 13.7. The predicted molar refractivity (Wildman–Crippen MR) is 193 cm³/mol. The van der Waals surface area contributed by atoms with Gasteiger partial charge in [-0.05, 0) is 84.5 Å². The van der Waals surface area contributed by atoms with Gasteiger partial charge in [0.05, 0.1) is 57.7 Å². The average Bonchev–Trinajstić information content (AvgIpc) is 3.79. The van der Waals surface area contributed by atoms with Crippen LogP contribution in [0.1, 0.15) is 48.5 Å². The molecule has 1 N–H and O–H groups in total. The molecule has 7 nitrogen and oxygen atoms in total. The normalized spacial score (nSPS) is 23.8. The van der Waals surface area contributed by atoms with Crippen LogP contribution in [0.15, 0.2) is 84.9 Å². The minimum absolute atomic E-state index is 0.0113. The second kappa shape index (κ2) is 13.1. The number of aliphatic hydroxyl groups is 1. The van der Waals surface area contributed by atoms with Crippen LogP contribution in [0.4, 0.5) is 11.4 Å². The highest BCUT2D eigenvalue weighted by Crippen LogP contribution is 2.47. The third kappa shape index (κ3) is 5.74. The summed E-state index contributed by atoms with van der Waals surface area (Å²) in [6.07, 6.45) is 3.69. The van der Waals surface area contributed by atoms with E-state index in [1.807, 2.05) is 46.2 Å². The van der Waals surface area contributed by atoms with E-state index in [0.717, 1.165) is 59.1 Å². The van der Waals surface area contributed by atoms with Crippen molar-refractivity contribution < 1.29 is 24.2 Å². The van der Waals surface area contributed by atoms with Gasteiger partial charge in [0.15, 0.2) is 0 Å². The Kier molecular flexibility index (Phi) is 8.91. The Hall–Kier alpha value is -3.98. The Labute approximate surface area is 284 Å². The van der Waals surface area contributed by atoms with Gasteiger partial charge in [-0.15, -0.1) is 0 Å². The van der Waals surface area contributed by atoms with Gasteiger partial charge < -0.3 is 19.5 Å². The van der Waals surface area contributed by atoms with Crippen molar-refractivity contribution in [3.8, 4) is 5.75 Å². The fourth-order valence-electron chi connectivity index (χ4n) is 8.78. The van der Waals surface area contributed by atoms with Crippen molar-refractivity contribution >= 4 is 47.2 Å². The topological polar surface area (TPSA) is 79.3 Å². The summed E-state index contributed by atoms with van der Waals surface area (Å²) in [6, 6.07) is 28.7. The Morgan fingerprint density at radius 2 is 1.71 bits per heavy atom. The number of aryl methyl sites for hydroxylation is 1. The zero-order valence-corrected chi connectivity index (χ0v) is 29.4. The van der Waals surface area contributed by atoms with Gasteiger partial charge in [0.25, 0.3) is 5.91 Å². The summed E-state index contributed by atoms with van der Waals surface area (Å²) in [5, 5.41) is 13.3. The van der Waals surface area contributed by atoms with E-state index < -0.39 is 8.07 Å². The Morgan fingerprint density at radius 3 is 2.42 bits per heavy atom. The molecule has 0 aromatic heterocycles. The molecule has 4 aromatic rings. The van der Waals surface area contributed by atoms with Crippen molar-refractivity contribution in [3.63, 3.8) is 0 Å². The van der Waals surface area contributed by atoms with Crippen LogP contribution in [0.5, 0.6) is 5.75 Å². The molecule has 250 valence electrons. The highest BCUT2D eigenvalue weighted by Gasteiger charge is 2.51. The van der Waals surface area contributed by atoms with E-state index in [-0.39, 0.29) is 48.1 Å². The second-order valence-corrected chi connectivity index (χ2v) is 19.0. The molecule has 5 atom stereocenters. The van der Waals surface area contributed by atoms with Crippen LogP contribution in [-0.2, 0) is 16.0 Å². The predicted octanol–water partition coefficient (Wildman–Crippen LogP) is 6.84. The zero-order chi connectivity index (χ0) is 33.6. The Morgan fingerprint density at radius 1 is 0.979 bits per heavy atom. The first kappa shape index (κ1) is 32.6. The first-order valence-corrected chi connectivity index (χ1v) is 20.4. The summed E-state index contributed by atoms with van der Waals surface area (Å²) in [6.45, 7) is 7.84. The summed E-state index contributed by atoms with van der Waals surface area (Å²) in [4.78, 5) is 30.8. The van der Waals surface area contributed by atoms with E-state index in [1.165, 1.54) is 10.8 Å². The monoisotopic (exact) mass is 662 g/mol. The van der Waals surface area contributed by atoms with Crippen molar-refractivity contribution in [3.05, 3.63) is 96.1 Å². The smallest absolute Gasteiger partial charge is 0.263 e. The Bertz CT molecular complexity index is 1800. The molecule has 7 rings (SSSR count). The highest BCUT2D eigenvalue weighted by atomic mass is 28.3. The molecule has 0 bridgehead atoms. The van der Waals surface area contributed by atoms with E-state index in [1.54, 1.807) is 7.11 Å². The molecule has 0 saturated carbocycles. The lowest BCUT2D eigenvalue weighted by molar-refractivity contribution is -0.135. The number of amides is 2. The second-order valence-electron chi connectivity index (χ2n) is 14.3. The number of benzene rings is 4. The molecule has 0 spiro atoms. The van der Waals surface area contributed by atoms with Crippen LogP contribution in [0.25, 0.3) is 10.8 Å². The number of carbonyl (C=O) groups is 2. The SMILES string of the molecule is COc1ccc([Si](C)(C)[C@H]2[C@H](C)[C@H](CCc3ccc(N4C(=O)c5cccc6cccc4c56)cc3)O[C@@H]2CC(=O)N2CCC[C@H]2CO)cc1. The number of hydrogen-bond donors (Lipinski definition) is 1.